The van der Waals surface area contributed by atoms with Gasteiger partial charge in [-0.1, -0.05) is 43.9 Å². The van der Waals surface area contributed by atoms with Crippen LogP contribution in [0.5, 0.6) is 0 Å². The van der Waals surface area contributed by atoms with Gasteiger partial charge in [-0.2, -0.15) is 13.2 Å². The first-order valence-corrected chi connectivity index (χ1v) is 16.5. The van der Waals surface area contributed by atoms with Crippen molar-refractivity contribution in [2.75, 3.05) is 11.9 Å². The summed E-state index contributed by atoms with van der Waals surface area (Å²) in [4.78, 5) is 54.1. The van der Waals surface area contributed by atoms with E-state index in [1.165, 1.54) is 37.8 Å². The molecule has 8 nitrogen and oxygen atoms in total. The van der Waals surface area contributed by atoms with Gasteiger partial charge in [-0.15, -0.1) is 0 Å². The molecule has 12 heteroatoms. The lowest BCUT2D eigenvalue weighted by Gasteiger charge is -2.31. The first kappa shape index (κ1) is 33.0. The zero-order chi connectivity index (χ0) is 33.5. The van der Waals surface area contributed by atoms with Gasteiger partial charge >= 0.3 is 12.3 Å². The number of halogens is 4. The van der Waals surface area contributed by atoms with Crippen molar-refractivity contribution in [1.82, 2.24) is 9.80 Å². The van der Waals surface area contributed by atoms with Crippen molar-refractivity contribution < 1.29 is 41.5 Å². The van der Waals surface area contributed by atoms with Crippen molar-refractivity contribution in [3.05, 3.63) is 65.0 Å². The van der Waals surface area contributed by atoms with Gasteiger partial charge in [-0.05, 0) is 86.3 Å². The van der Waals surface area contributed by atoms with Crippen LogP contribution in [-0.4, -0.2) is 52.4 Å². The van der Waals surface area contributed by atoms with Crippen LogP contribution in [0.4, 0.5) is 28.0 Å². The van der Waals surface area contributed by atoms with Crippen LogP contribution in [0.1, 0.15) is 81.4 Å². The molecule has 3 fully saturated rings. The Hall–Kier alpha value is -3.96. The zero-order valence-corrected chi connectivity index (χ0v) is 26.3. The number of aryl methyl sites for hydroxylation is 1. The number of benzene rings is 2. The summed E-state index contributed by atoms with van der Waals surface area (Å²) in [7, 11) is 0. The second-order valence-corrected chi connectivity index (χ2v) is 13.5. The van der Waals surface area contributed by atoms with E-state index < -0.39 is 54.6 Å². The van der Waals surface area contributed by atoms with Gasteiger partial charge in [0.05, 0.1) is 0 Å². The second-order valence-electron chi connectivity index (χ2n) is 13.5. The molecule has 2 atom stereocenters. The van der Waals surface area contributed by atoms with E-state index in [9.17, 15) is 36.7 Å². The molecule has 3 aliphatic carbocycles. The molecule has 0 radical (unpaired) electrons. The smallest absolute Gasteiger partial charge is 0.418 e. The summed E-state index contributed by atoms with van der Waals surface area (Å²) in [6.07, 6.45) is 3.63. The standard InChI is InChI=1S/C35H39F4N3O5/c1-21(35(37,38)39)41(19-22-6-12-27(36)13-7-22)30(43)20-42-32(45)34(47-33(42)46)17-16-26-18-28(14-15-29(26)34)40-31(44)25-10-8-24(9-11-25)23-4-2-3-5-23/h6-7,12-15,18,21,23-25H,2-5,8-11,16-17,19-20H2,1H3,(H,40,44)/t21-,24?,25?,34?/m0/s1. The van der Waals surface area contributed by atoms with Crippen LogP contribution >= 0.6 is 0 Å². The monoisotopic (exact) mass is 657 g/mol. The van der Waals surface area contributed by atoms with Gasteiger partial charge in [0.1, 0.15) is 18.4 Å². The summed E-state index contributed by atoms with van der Waals surface area (Å²) in [5, 5.41) is 3.01. The van der Waals surface area contributed by atoms with Crippen LogP contribution in [0.25, 0.3) is 0 Å². The van der Waals surface area contributed by atoms with Gasteiger partial charge in [-0.25, -0.2) is 14.1 Å². The highest BCUT2D eigenvalue weighted by Gasteiger charge is 2.58. The largest absolute Gasteiger partial charge is 0.427 e. The van der Waals surface area contributed by atoms with E-state index in [-0.39, 0.29) is 23.8 Å². The second kappa shape index (κ2) is 12.9. The number of imide groups is 1. The molecule has 0 bridgehead atoms. The van der Waals surface area contributed by atoms with E-state index in [1.54, 1.807) is 18.2 Å². The van der Waals surface area contributed by atoms with Crippen LogP contribution in [-0.2, 0) is 37.7 Å². The summed E-state index contributed by atoms with van der Waals surface area (Å²) in [5.41, 5.74) is 0.237. The Kier molecular flexibility index (Phi) is 9.06. The van der Waals surface area contributed by atoms with Crippen LogP contribution in [0.15, 0.2) is 42.5 Å². The zero-order valence-electron chi connectivity index (χ0n) is 26.3. The number of anilines is 1. The van der Waals surface area contributed by atoms with Gasteiger partial charge in [0.15, 0.2) is 0 Å². The summed E-state index contributed by atoms with van der Waals surface area (Å²) >= 11 is 0. The van der Waals surface area contributed by atoms with Gasteiger partial charge in [0, 0.05) is 30.1 Å². The highest BCUT2D eigenvalue weighted by atomic mass is 19.4. The van der Waals surface area contributed by atoms with Crippen molar-refractivity contribution in [1.29, 1.82) is 0 Å². The minimum absolute atomic E-state index is 0.0335. The Morgan fingerprint density at radius 3 is 2.32 bits per heavy atom. The SMILES string of the molecule is C[C@H](N(Cc1ccc(F)cc1)C(=O)CN1C(=O)OC2(CCc3cc(NC(=O)C4CCC(C5CCCC5)CC4)ccc32)C1=O)C(F)(F)F. The molecule has 252 valence electrons. The number of rotatable bonds is 8. The van der Waals surface area contributed by atoms with Crippen LogP contribution in [0, 0.1) is 23.6 Å². The minimum Gasteiger partial charge on any atom is -0.427 e. The molecule has 4 amide bonds. The average molecular weight is 658 g/mol. The molecule has 1 aliphatic heterocycles. The molecule has 1 N–H and O–H groups in total. The number of nitrogens with one attached hydrogen (secondary N) is 1. The predicted molar refractivity (Wildman–Crippen MR) is 163 cm³/mol. The van der Waals surface area contributed by atoms with Crippen molar-refractivity contribution in [3.8, 4) is 0 Å². The highest BCUT2D eigenvalue weighted by Crippen LogP contribution is 2.46. The molecule has 1 heterocycles. The molecule has 0 aromatic heterocycles. The number of hydrogen-bond acceptors (Lipinski definition) is 5. The Labute approximate surface area is 270 Å². The average Bonchev–Trinajstić information content (AvgIpc) is 3.76. The van der Waals surface area contributed by atoms with Gasteiger partial charge in [-0.3, -0.25) is 14.4 Å². The van der Waals surface area contributed by atoms with Crippen molar-refractivity contribution >= 4 is 29.5 Å². The quantitative estimate of drug-likeness (QED) is 0.313. The Bertz CT molecular complexity index is 1530. The maximum atomic E-state index is 13.7. The highest BCUT2D eigenvalue weighted by molar-refractivity contribution is 6.06. The normalized spacial score (nSPS) is 25.2. The number of hydrogen-bond donors (Lipinski definition) is 1. The molecular formula is C35H39F4N3O5. The van der Waals surface area contributed by atoms with E-state index in [0.717, 1.165) is 50.7 Å². The number of carbonyl (C=O) groups excluding carboxylic acids is 4. The third-order valence-corrected chi connectivity index (χ3v) is 10.7. The minimum atomic E-state index is -4.79. The van der Waals surface area contributed by atoms with Crippen molar-refractivity contribution in [2.45, 2.75) is 95.5 Å². The lowest BCUT2D eigenvalue weighted by atomic mass is 9.75. The maximum Gasteiger partial charge on any atom is 0.418 e. The Morgan fingerprint density at radius 2 is 1.66 bits per heavy atom. The fourth-order valence-corrected chi connectivity index (χ4v) is 7.89. The van der Waals surface area contributed by atoms with E-state index in [4.69, 9.17) is 4.74 Å². The van der Waals surface area contributed by atoms with Gasteiger partial charge in [0.2, 0.25) is 17.4 Å². The number of nitrogens with zero attached hydrogens (tertiary/aromatic N) is 2. The molecular weight excluding hydrogens is 618 g/mol. The van der Waals surface area contributed by atoms with E-state index in [1.807, 2.05) is 0 Å². The summed E-state index contributed by atoms with van der Waals surface area (Å²) in [6.45, 7) is -0.660. The van der Waals surface area contributed by atoms with Crippen LogP contribution < -0.4 is 5.32 Å². The fourth-order valence-electron chi connectivity index (χ4n) is 7.89. The van der Waals surface area contributed by atoms with E-state index in [2.05, 4.69) is 5.32 Å². The Balaban J connectivity index is 1.12. The summed E-state index contributed by atoms with van der Waals surface area (Å²) < 4.78 is 60.2. The van der Waals surface area contributed by atoms with Crippen molar-refractivity contribution in [3.63, 3.8) is 0 Å². The summed E-state index contributed by atoms with van der Waals surface area (Å²) in [6, 6.07) is 7.45. The van der Waals surface area contributed by atoms with E-state index in [0.29, 0.717) is 39.0 Å². The lowest BCUT2D eigenvalue weighted by molar-refractivity contribution is -0.187. The first-order chi connectivity index (χ1) is 22.4. The van der Waals surface area contributed by atoms with Gasteiger partial charge < -0.3 is 15.0 Å². The predicted octanol–water partition coefficient (Wildman–Crippen LogP) is 6.86. The van der Waals surface area contributed by atoms with Crippen LogP contribution in [0.2, 0.25) is 0 Å². The van der Waals surface area contributed by atoms with Gasteiger partial charge in [0.25, 0.3) is 5.91 Å². The molecule has 6 rings (SSSR count). The molecule has 2 aromatic carbocycles. The van der Waals surface area contributed by atoms with Crippen LogP contribution in [0.3, 0.4) is 0 Å². The fraction of sp³-hybridized carbons (Fsp3) is 0.543. The Morgan fingerprint density at radius 1 is 1.00 bits per heavy atom. The summed E-state index contributed by atoms with van der Waals surface area (Å²) in [5.74, 6) is -1.11. The lowest BCUT2D eigenvalue weighted by Crippen LogP contribution is -2.51. The molecule has 1 unspecified atom stereocenters. The molecule has 4 aliphatic rings. The molecule has 47 heavy (non-hydrogen) atoms. The number of carbonyl (C=O) groups is 4. The number of fused-ring (bicyclic) bond motifs is 2. The third kappa shape index (κ3) is 6.60. The molecule has 2 aromatic rings. The molecule has 1 spiro atoms. The van der Waals surface area contributed by atoms with Crippen molar-refractivity contribution in [2.24, 2.45) is 17.8 Å². The number of amides is 4. The molecule has 1 saturated heterocycles. The maximum absolute atomic E-state index is 13.7. The topological polar surface area (TPSA) is 96.0 Å². The molecule has 2 saturated carbocycles. The van der Waals surface area contributed by atoms with E-state index >= 15 is 0 Å². The number of ether oxygens (including phenoxy) is 1. The first-order valence-electron chi connectivity index (χ1n) is 16.5. The number of alkyl halides is 3. The third-order valence-electron chi connectivity index (χ3n) is 10.7.